The largest absolute Gasteiger partial charge is 0.304 e. The molecule has 4 heteroatoms. The van der Waals surface area contributed by atoms with E-state index in [9.17, 15) is 4.79 Å². The van der Waals surface area contributed by atoms with E-state index < -0.39 is 0 Å². The summed E-state index contributed by atoms with van der Waals surface area (Å²) in [5.74, 6) is 0.0602. The SMILES string of the molecule is CN(C)NC(=O)C1(C)CCCN1. The van der Waals surface area contributed by atoms with Crippen LogP contribution < -0.4 is 10.7 Å². The molecule has 1 amide bonds. The summed E-state index contributed by atoms with van der Waals surface area (Å²) in [6.07, 6.45) is 2.00. The lowest BCUT2D eigenvalue weighted by atomic mass is 10.00. The molecule has 0 aliphatic carbocycles. The fourth-order valence-corrected chi connectivity index (χ4v) is 1.41. The van der Waals surface area contributed by atoms with Crippen LogP contribution in [0.3, 0.4) is 0 Å². The molecule has 0 aromatic rings. The van der Waals surface area contributed by atoms with Crippen LogP contribution in [0.5, 0.6) is 0 Å². The second-order valence-electron chi connectivity index (χ2n) is 3.70. The van der Waals surface area contributed by atoms with Crippen LogP contribution in [0.2, 0.25) is 0 Å². The Bertz CT molecular complexity index is 173. The van der Waals surface area contributed by atoms with Crippen molar-refractivity contribution in [2.75, 3.05) is 20.6 Å². The molecule has 1 atom stereocenters. The van der Waals surface area contributed by atoms with Crippen LogP contribution in [0.1, 0.15) is 19.8 Å². The first-order valence-corrected chi connectivity index (χ1v) is 4.28. The van der Waals surface area contributed by atoms with Crippen molar-refractivity contribution in [3.63, 3.8) is 0 Å². The summed E-state index contributed by atoms with van der Waals surface area (Å²) in [6, 6.07) is 0. The zero-order valence-electron chi connectivity index (χ0n) is 7.98. The Hall–Kier alpha value is -0.610. The van der Waals surface area contributed by atoms with Gasteiger partial charge in [-0.1, -0.05) is 0 Å². The molecule has 4 nitrogen and oxygen atoms in total. The Labute approximate surface area is 73.3 Å². The number of hydrazine groups is 1. The van der Waals surface area contributed by atoms with Gasteiger partial charge >= 0.3 is 0 Å². The Balaban J connectivity index is 2.50. The van der Waals surface area contributed by atoms with Gasteiger partial charge in [-0.05, 0) is 26.3 Å². The summed E-state index contributed by atoms with van der Waals surface area (Å²) >= 11 is 0. The lowest BCUT2D eigenvalue weighted by Gasteiger charge is -2.25. The summed E-state index contributed by atoms with van der Waals surface area (Å²) in [7, 11) is 3.63. The molecule has 0 aromatic heterocycles. The van der Waals surface area contributed by atoms with Gasteiger partial charge < -0.3 is 5.32 Å². The predicted octanol–water partition coefficient (Wildman–Crippen LogP) is -0.279. The van der Waals surface area contributed by atoms with Crippen LogP contribution in [0.15, 0.2) is 0 Å². The molecule has 0 spiro atoms. The molecule has 1 rings (SSSR count). The summed E-state index contributed by atoms with van der Waals surface area (Å²) in [5, 5.41) is 4.87. The van der Waals surface area contributed by atoms with E-state index in [-0.39, 0.29) is 11.4 Å². The van der Waals surface area contributed by atoms with Crippen molar-refractivity contribution in [2.24, 2.45) is 0 Å². The van der Waals surface area contributed by atoms with Crippen LogP contribution >= 0.6 is 0 Å². The highest BCUT2D eigenvalue weighted by Crippen LogP contribution is 2.18. The molecule has 70 valence electrons. The van der Waals surface area contributed by atoms with E-state index in [0.29, 0.717) is 0 Å². The topological polar surface area (TPSA) is 44.4 Å². The van der Waals surface area contributed by atoms with E-state index in [1.54, 1.807) is 5.01 Å². The van der Waals surface area contributed by atoms with Gasteiger partial charge in [-0.2, -0.15) is 0 Å². The number of amides is 1. The molecule has 1 aliphatic rings. The molecule has 0 bridgehead atoms. The maximum atomic E-state index is 11.6. The maximum absolute atomic E-state index is 11.6. The van der Waals surface area contributed by atoms with Crippen LogP contribution in [-0.4, -0.2) is 37.1 Å². The van der Waals surface area contributed by atoms with Crippen molar-refractivity contribution < 1.29 is 4.79 Å². The van der Waals surface area contributed by atoms with Crippen LogP contribution in [0.25, 0.3) is 0 Å². The molecule has 0 radical (unpaired) electrons. The maximum Gasteiger partial charge on any atom is 0.254 e. The second kappa shape index (κ2) is 3.41. The molecule has 12 heavy (non-hydrogen) atoms. The zero-order chi connectivity index (χ0) is 9.19. The van der Waals surface area contributed by atoms with Crippen molar-refractivity contribution in [1.82, 2.24) is 15.8 Å². The van der Waals surface area contributed by atoms with Crippen molar-refractivity contribution in [2.45, 2.75) is 25.3 Å². The molecular formula is C8H17N3O. The number of hydrogen-bond acceptors (Lipinski definition) is 3. The zero-order valence-corrected chi connectivity index (χ0v) is 7.98. The first-order valence-electron chi connectivity index (χ1n) is 4.28. The number of hydrogen-bond donors (Lipinski definition) is 2. The lowest BCUT2D eigenvalue weighted by molar-refractivity contribution is -0.130. The molecule has 0 saturated carbocycles. The van der Waals surface area contributed by atoms with Gasteiger partial charge in [-0.15, -0.1) is 0 Å². The van der Waals surface area contributed by atoms with Crippen molar-refractivity contribution in [1.29, 1.82) is 0 Å². The Morgan fingerprint density at radius 1 is 1.58 bits per heavy atom. The van der Waals surface area contributed by atoms with Gasteiger partial charge in [0.05, 0.1) is 5.54 Å². The number of carbonyl (C=O) groups is 1. The van der Waals surface area contributed by atoms with Gasteiger partial charge in [0.2, 0.25) is 0 Å². The second-order valence-corrected chi connectivity index (χ2v) is 3.70. The third kappa shape index (κ3) is 1.95. The van der Waals surface area contributed by atoms with Crippen LogP contribution in [0, 0.1) is 0 Å². The highest BCUT2D eigenvalue weighted by Gasteiger charge is 2.35. The van der Waals surface area contributed by atoms with Crippen molar-refractivity contribution in [3.8, 4) is 0 Å². The van der Waals surface area contributed by atoms with Crippen LogP contribution in [0.4, 0.5) is 0 Å². The van der Waals surface area contributed by atoms with E-state index in [0.717, 1.165) is 19.4 Å². The molecule has 1 fully saturated rings. The van der Waals surface area contributed by atoms with Gasteiger partial charge in [0.25, 0.3) is 5.91 Å². The van der Waals surface area contributed by atoms with Crippen LogP contribution in [-0.2, 0) is 4.79 Å². The average Bonchev–Trinajstić information content (AvgIpc) is 2.36. The number of carbonyl (C=O) groups excluding carboxylic acids is 1. The van der Waals surface area contributed by atoms with Gasteiger partial charge in [-0.25, -0.2) is 5.01 Å². The summed E-state index contributed by atoms with van der Waals surface area (Å²) in [5.41, 5.74) is 2.40. The number of rotatable bonds is 2. The normalized spacial score (nSPS) is 29.3. The minimum atomic E-state index is -0.357. The first kappa shape index (κ1) is 9.48. The standard InChI is InChI=1S/C8H17N3O/c1-8(5-4-6-9-8)7(12)10-11(2)3/h9H,4-6H2,1-3H3,(H,10,12). The quantitative estimate of drug-likeness (QED) is 0.562. The molecule has 0 aromatic carbocycles. The Kier molecular flexibility index (Phi) is 2.69. The van der Waals surface area contributed by atoms with E-state index in [1.807, 2.05) is 21.0 Å². The molecule has 2 N–H and O–H groups in total. The number of nitrogens with one attached hydrogen (secondary N) is 2. The minimum Gasteiger partial charge on any atom is -0.304 e. The molecular weight excluding hydrogens is 154 g/mol. The van der Waals surface area contributed by atoms with Gasteiger partial charge in [-0.3, -0.25) is 10.2 Å². The monoisotopic (exact) mass is 171 g/mol. The molecule has 1 saturated heterocycles. The Morgan fingerprint density at radius 2 is 2.25 bits per heavy atom. The van der Waals surface area contributed by atoms with E-state index in [4.69, 9.17) is 0 Å². The highest BCUT2D eigenvalue weighted by molar-refractivity contribution is 5.85. The lowest BCUT2D eigenvalue weighted by Crippen LogP contribution is -2.54. The van der Waals surface area contributed by atoms with E-state index in [1.165, 1.54) is 0 Å². The smallest absolute Gasteiger partial charge is 0.254 e. The molecule has 1 heterocycles. The van der Waals surface area contributed by atoms with Gasteiger partial charge in [0.15, 0.2) is 0 Å². The van der Waals surface area contributed by atoms with Crippen molar-refractivity contribution >= 4 is 5.91 Å². The Morgan fingerprint density at radius 3 is 2.67 bits per heavy atom. The van der Waals surface area contributed by atoms with Gasteiger partial charge in [0, 0.05) is 14.1 Å². The molecule has 1 unspecified atom stereocenters. The summed E-state index contributed by atoms with van der Waals surface area (Å²) in [6.45, 7) is 2.89. The third-order valence-corrected chi connectivity index (χ3v) is 2.20. The fourth-order valence-electron chi connectivity index (χ4n) is 1.41. The summed E-state index contributed by atoms with van der Waals surface area (Å²) < 4.78 is 0. The third-order valence-electron chi connectivity index (χ3n) is 2.20. The first-order chi connectivity index (χ1) is 5.54. The fraction of sp³-hybridized carbons (Fsp3) is 0.875. The highest BCUT2D eigenvalue weighted by atomic mass is 16.2. The average molecular weight is 171 g/mol. The van der Waals surface area contributed by atoms with E-state index >= 15 is 0 Å². The van der Waals surface area contributed by atoms with Gasteiger partial charge in [0.1, 0.15) is 0 Å². The summed E-state index contributed by atoms with van der Waals surface area (Å²) in [4.78, 5) is 11.6. The molecule has 1 aliphatic heterocycles. The van der Waals surface area contributed by atoms with E-state index in [2.05, 4.69) is 10.7 Å². The van der Waals surface area contributed by atoms with Crippen molar-refractivity contribution in [3.05, 3.63) is 0 Å². The predicted molar refractivity (Wildman–Crippen MR) is 47.5 cm³/mol. The minimum absolute atomic E-state index is 0.0602. The number of nitrogens with zero attached hydrogens (tertiary/aromatic N) is 1.